The number of ketones is 1. The van der Waals surface area contributed by atoms with Gasteiger partial charge in [0, 0.05) is 18.8 Å². The number of Topliss-reactive ketones (excluding diaryl/α,β-unsaturated/α-hetero) is 1. The normalized spacial score (nSPS) is 24.6. The topological polar surface area (TPSA) is 94.8 Å². The Morgan fingerprint density at radius 3 is 2.50 bits per heavy atom. The molecule has 4 atom stereocenters. The van der Waals surface area contributed by atoms with E-state index in [-0.39, 0.29) is 30.1 Å². The van der Waals surface area contributed by atoms with Gasteiger partial charge in [-0.05, 0) is 44.4 Å². The van der Waals surface area contributed by atoms with Crippen molar-refractivity contribution in [2.24, 2.45) is 11.8 Å². The van der Waals surface area contributed by atoms with E-state index in [0.29, 0.717) is 32.1 Å². The first-order chi connectivity index (χ1) is 12.5. The van der Waals surface area contributed by atoms with Crippen LogP contribution in [0.15, 0.2) is 0 Å². The highest BCUT2D eigenvalue weighted by molar-refractivity contribution is 5.82. The van der Waals surface area contributed by atoms with Crippen LogP contribution in [0.25, 0.3) is 0 Å². The lowest BCUT2D eigenvalue weighted by Crippen LogP contribution is -2.38. The Bertz CT molecular complexity index is 409. The first-order valence-electron chi connectivity index (χ1n) is 10.6. The van der Waals surface area contributed by atoms with Gasteiger partial charge in [-0.1, -0.05) is 45.4 Å². The van der Waals surface area contributed by atoms with Crippen LogP contribution in [0.2, 0.25) is 0 Å². The van der Waals surface area contributed by atoms with Gasteiger partial charge < -0.3 is 15.3 Å². The quantitative estimate of drug-likeness (QED) is 0.400. The van der Waals surface area contributed by atoms with Crippen LogP contribution in [0.3, 0.4) is 0 Å². The fraction of sp³-hybridized carbons (Fsp3) is 0.905. The SMILES string of the molecule is CCCCCC(O)CCC1C(O)CCC(=O)C1CCCCCCC(=O)O. The molecule has 26 heavy (non-hydrogen) atoms. The number of rotatable bonds is 14. The van der Waals surface area contributed by atoms with Gasteiger partial charge in [-0.15, -0.1) is 0 Å². The molecule has 0 aromatic heterocycles. The Kier molecular flexibility index (Phi) is 11.8. The largest absolute Gasteiger partial charge is 0.481 e. The van der Waals surface area contributed by atoms with E-state index < -0.39 is 12.1 Å². The molecule has 3 N–H and O–H groups in total. The van der Waals surface area contributed by atoms with Crippen molar-refractivity contribution < 1.29 is 24.9 Å². The fourth-order valence-electron chi connectivity index (χ4n) is 4.12. The minimum absolute atomic E-state index is 0.0314. The van der Waals surface area contributed by atoms with Crippen LogP contribution < -0.4 is 0 Å². The number of aliphatic hydroxyl groups excluding tert-OH is 2. The van der Waals surface area contributed by atoms with E-state index in [0.717, 1.165) is 51.4 Å². The van der Waals surface area contributed by atoms with Crippen molar-refractivity contribution in [1.29, 1.82) is 0 Å². The number of carboxylic acids is 1. The third kappa shape index (κ3) is 9.13. The van der Waals surface area contributed by atoms with Crippen LogP contribution in [0.5, 0.6) is 0 Å². The van der Waals surface area contributed by atoms with Crippen molar-refractivity contribution >= 4 is 11.8 Å². The van der Waals surface area contributed by atoms with Gasteiger partial charge in [-0.2, -0.15) is 0 Å². The van der Waals surface area contributed by atoms with E-state index in [4.69, 9.17) is 5.11 Å². The lowest BCUT2D eigenvalue weighted by Gasteiger charge is -2.35. The maximum atomic E-state index is 12.4. The Balaban J connectivity index is 2.38. The predicted octanol–water partition coefficient (Wildman–Crippen LogP) is 4.09. The molecule has 0 aliphatic heterocycles. The molecule has 0 amide bonds. The lowest BCUT2D eigenvalue weighted by molar-refractivity contribution is -0.137. The summed E-state index contributed by atoms with van der Waals surface area (Å²) in [6.07, 6.45) is 10.1. The molecule has 1 aliphatic carbocycles. The highest BCUT2D eigenvalue weighted by Crippen LogP contribution is 2.35. The Hall–Kier alpha value is -0.940. The number of aliphatic carboxylic acids is 1. The van der Waals surface area contributed by atoms with Crippen LogP contribution in [0.1, 0.15) is 96.8 Å². The minimum Gasteiger partial charge on any atom is -0.481 e. The molecule has 1 fully saturated rings. The van der Waals surface area contributed by atoms with Crippen molar-refractivity contribution in [2.75, 3.05) is 0 Å². The van der Waals surface area contributed by atoms with E-state index in [1.165, 1.54) is 0 Å². The van der Waals surface area contributed by atoms with E-state index in [9.17, 15) is 19.8 Å². The molecular weight excluding hydrogens is 332 g/mol. The second-order valence-corrected chi connectivity index (χ2v) is 7.92. The summed E-state index contributed by atoms with van der Waals surface area (Å²) in [6, 6.07) is 0. The van der Waals surface area contributed by atoms with Gasteiger partial charge in [0.25, 0.3) is 0 Å². The highest BCUT2D eigenvalue weighted by atomic mass is 16.4. The first kappa shape index (κ1) is 23.1. The molecule has 5 heteroatoms. The number of carbonyl (C=O) groups is 2. The summed E-state index contributed by atoms with van der Waals surface area (Å²) in [5.41, 5.74) is 0. The summed E-state index contributed by atoms with van der Waals surface area (Å²) in [5.74, 6) is -0.628. The van der Waals surface area contributed by atoms with Gasteiger partial charge >= 0.3 is 5.97 Å². The third-order valence-electron chi connectivity index (χ3n) is 5.74. The van der Waals surface area contributed by atoms with E-state index in [2.05, 4.69) is 6.92 Å². The summed E-state index contributed by atoms with van der Waals surface area (Å²) in [7, 11) is 0. The second kappa shape index (κ2) is 13.3. The summed E-state index contributed by atoms with van der Waals surface area (Å²) in [4.78, 5) is 22.9. The molecule has 4 unspecified atom stereocenters. The number of carboxylic acid groups (broad SMARTS) is 1. The molecule has 5 nitrogen and oxygen atoms in total. The molecule has 0 heterocycles. The average Bonchev–Trinajstić information content (AvgIpc) is 2.59. The zero-order valence-electron chi connectivity index (χ0n) is 16.4. The molecule has 0 bridgehead atoms. The maximum absolute atomic E-state index is 12.4. The average molecular weight is 371 g/mol. The van der Waals surface area contributed by atoms with Crippen LogP contribution in [-0.2, 0) is 9.59 Å². The monoisotopic (exact) mass is 370 g/mol. The van der Waals surface area contributed by atoms with Crippen LogP contribution in [-0.4, -0.2) is 39.3 Å². The highest BCUT2D eigenvalue weighted by Gasteiger charge is 2.37. The lowest BCUT2D eigenvalue weighted by atomic mass is 9.71. The molecule has 152 valence electrons. The summed E-state index contributed by atoms with van der Waals surface area (Å²) < 4.78 is 0. The summed E-state index contributed by atoms with van der Waals surface area (Å²) in [6.45, 7) is 2.14. The predicted molar refractivity (Wildman–Crippen MR) is 102 cm³/mol. The zero-order valence-corrected chi connectivity index (χ0v) is 16.4. The smallest absolute Gasteiger partial charge is 0.303 e. The Morgan fingerprint density at radius 2 is 1.81 bits per heavy atom. The van der Waals surface area contributed by atoms with Crippen molar-refractivity contribution in [3.05, 3.63) is 0 Å². The Labute approximate surface area is 158 Å². The molecule has 0 radical (unpaired) electrons. The molecule has 0 saturated heterocycles. The number of hydrogen-bond acceptors (Lipinski definition) is 4. The molecular formula is C21H38O5. The molecule has 0 aromatic carbocycles. The van der Waals surface area contributed by atoms with Gasteiger partial charge in [-0.3, -0.25) is 9.59 Å². The number of aliphatic hydroxyl groups is 2. The van der Waals surface area contributed by atoms with Crippen LogP contribution >= 0.6 is 0 Å². The van der Waals surface area contributed by atoms with Crippen molar-refractivity contribution in [2.45, 2.75) is 109 Å². The molecule has 1 aliphatic rings. The third-order valence-corrected chi connectivity index (χ3v) is 5.74. The van der Waals surface area contributed by atoms with Gasteiger partial charge in [0.1, 0.15) is 5.78 Å². The Morgan fingerprint density at radius 1 is 1.08 bits per heavy atom. The summed E-state index contributed by atoms with van der Waals surface area (Å²) in [5, 5.41) is 29.2. The van der Waals surface area contributed by atoms with Crippen molar-refractivity contribution in [3.8, 4) is 0 Å². The molecule has 1 rings (SSSR count). The van der Waals surface area contributed by atoms with Crippen LogP contribution in [0.4, 0.5) is 0 Å². The summed E-state index contributed by atoms with van der Waals surface area (Å²) >= 11 is 0. The van der Waals surface area contributed by atoms with E-state index >= 15 is 0 Å². The first-order valence-corrected chi connectivity index (χ1v) is 10.6. The fourth-order valence-corrected chi connectivity index (χ4v) is 4.12. The number of carbonyl (C=O) groups excluding carboxylic acids is 1. The van der Waals surface area contributed by atoms with Gasteiger partial charge in [-0.25, -0.2) is 0 Å². The van der Waals surface area contributed by atoms with E-state index in [1.807, 2.05) is 0 Å². The van der Waals surface area contributed by atoms with Crippen LogP contribution in [0, 0.1) is 11.8 Å². The second-order valence-electron chi connectivity index (χ2n) is 7.92. The van der Waals surface area contributed by atoms with E-state index in [1.54, 1.807) is 0 Å². The molecule has 0 aromatic rings. The maximum Gasteiger partial charge on any atom is 0.303 e. The standard InChI is InChI=1S/C21H38O5/c1-2-3-6-9-16(22)12-13-18-17(19(23)14-15-20(18)24)10-7-4-5-8-11-21(25)26/h16-18,20,22,24H,2-15H2,1H3,(H,25,26). The zero-order chi connectivity index (χ0) is 19.4. The number of unbranched alkanes of at least 4 members (excludes halogenated alkanes) is 5. The van der Waals surface area contributed by atoms with Gasteiger partial charge in [0.05, 0.1) is 12.2 Å². The minimum atomic E-state index is -0.756. The van der Waals surface area contributed by atoms with Gasteiger partial charge in [0.2, 0.25) is 0 Å². The molecule has 0 spiro atoms. The van der Waals surface area contributed by atoms with Crippen molar-refractivity contribution in [1.82, 2.24) is 0 Å². The number of hydrogen-bond donors (Lipinski definition) is 3. The molecule has 1 saturated carbocycles. The van der Waals surface area contributed by atoms with Gasteiger partial charge in [0.15, 0.2) is 0 Å². The van der Waals surface area contributed by atoms with Crippen molar-refractivity contribution in [3.63, 3.8) is 0 Å².